The Hall–Kier alpha value is -2.59. The van der Waals surface area contributed by atoms with Crippen LogP contribution in [0, 0.1) is 0 Å². The predicted molar refractivity (Wildman–Crippen MR) is 182 cm³/mol. The van der Waals surface area contributed by atoms with Crippen molar-refractivity contribution >= 4 is 66.7 Å². The van der Waals surface area contributed by atoms with E-state index in [2.05, 4.69) is 21.2 Å². The van der Waals surface area contributed by atoms with Gasteiger partial charge in [0.1, 0.15) is 6.04 Å². The molecule has 1 aliphatic rings. The highest BCUT2D eigenvalue weighted by atomic mass is 79.9. The summed E-state index contributed by atoms with van der Waals surface area (Å²) >= 11 is 16.0. The summed E-state index contributed by atoms with van der Waals surface area (Å²) in [6, 6.07) is 21.3. The van der Waals surface area contributed by atoms with E-state index in [1.54, 1.807) is 17.0 Å². The molecule has 2 amide bonds. The number of sulfonamides is 1. The number of carbonyl (C=O) groups is 2. The maximum atomic E-state index is 14.1. The highest BCUT2D eigenvalue weighted by Gasteiger charge is 2.32. The summed E-state index contributed by atoms with van der Waals surface area (Å²) in [4.78, 5) is 29.7. The summed E-state index contributed by atoms with van der Waals surface area (Å²) in [6.45, 7) is 0.247. The van der Waals surface area contributed by atoms with Gasteiger partial charge in [0, 0.05) is 41.5 Å². The zero-order valence-corrected chi connectivity index (χ0v) is 28.6. The third-order valence-corrected chi connectivity index (χ3v) is 10.0. The minimum absolute atomic E-state index is 0.0208. The van der Waals surface area contributed by atoms with Crippen LogP contribution in [0.5, 0.6) is 0 Å². The number of amides is 2. The second-order valence-electron chi connectivity index (χ2n) is 11.2. The minimum atomic E-state index is -3.72. The van der Waals surface area contributed by atoms with Crippen LogP contribution >= 0.6 is 39.1 Å². The third-order valence-electron chi connectivity index (χ3n) is 7.79. The second-order valence-corrected chi connectivity index (χ2v) is 14.9. The lowest BCUT2D eigenvalue weighted by Crippen LogP contribution is -2.52. The molecule has 0 aromatic heterocycles. The molecule has 236 valence electrons. The molecule has 3 aromatic carbocycles. The summed E-state index contributed by atoms with van der Waals surface area (Å²) < 4.78 is 27.5. The van der Waals surface area contributed by atoms with Crippen molar-refractivity contribution in [2.45, 2.75) is 70.0 Å². The lowest BCUT2D eigenvalue weighted by Gasteiger charge is -2.34. The number of benzene rings is 3. The number of rotatable bonds is 13. The first-order valence-corrected chi connectivity index (χ1v) is 18.2. The SMILES string of the molecule is CS(=O)(=O)N(CCCC(=O)N(Cc1cccc(Br)c1)C(Cc1ccccc1)C(=O)NC1CCCCC1)c1cc(Cl)ccc1Cl. The fourth-order valence-electron chi connectivity index (χ4n) is 5.59. The molecule has 0 radical (unpaired) electrons. The van der Waals surface area contributed by atoms with Crippen LogP contribution < -0.4 is 9.62 Å². The van der Waals surface area contributed by atoms with Gasteiger partial charge in [-0.05, 0) is 60.7 Å². The van der Waals surface area contributed by atoms with Crippen molar-refractivity contribution in [3.63, 3.8) is 0 Å². The van der Waals surface area contributed by atoms with Gasteiger partial charge in [0.25, 0.3) is 0 Å². The molecule has 0 heterocycles. The Balaban J connectivity index is 1.60. The molecular formula is C33H38BrCl2N3O4S. The smallest absolute Gasteiger partial charge is 0.243 e. The molecule has 1 saturated carbocycles. The molecule has 11 heteroatoms. The van der Waals surface area contributed by atoms with Crippen molar-refractivity contribution in [1.82, 2.24) is 10.2 Å². The van der Waals surface area contributed by atoms with Crippen LogP contribution in [0.3, 0.4) is 0 Å². The van der Waals surface area contributed by atoms with Gasteiger partial charge >= 0.3 is 0 Å². The molecule has 1 fully saturated rings. The molecule has 1 aliphatic carbocycles. The van der Waals surface area contributed by atoms with Crippen molar-refractivity contribution in [3.8, 4) is 0 Å². The quantitative estimate of drug-likeness (QED) is 0.199. The van der Waals surface area contributed by atoms with Gasteiger partial charge in [0.2, 0.25) is 21.8 Å². The van der Waals surface area contributed by atoms with E-state index >= 15 is 0 Å². The van der Waals surface area contributed by atoms with Crippen molar-refractivity contribution in [1.29, 1.82) is 0 Å². The average molecular weight is 724 g/mol. The Bertz CT molecular complexity index is 1530. The number of hydrogen-bond donors (Lipinski definition) is 1. The van der Waals surface area contributed by atoms with Gasteiger partial charge in [-0.3, -0.25) is 13.9 Å². The number of nitrogens with zero attached hydrogens (tertiary/aromatic N) is 2. The molecule has 0 spiro atoms. The molecule has 1 unspecified atom stereocenters. The highest BCUT2D eigenvalue weighted by Crippen LogP contribution is 2.31. The Morgan fingerprint density at radius 3 is 2.34 bits per heavy atom. The second kappa shape index (κ2) is 16.1. The molecule has 3 aromatic rings. The number of carbonyl (C=O) groups excluding carboxylic acids is 2. The standard InChI is InChI=1S/C33H38BrCl2N3O4S/c1-44(42,43)39(30-22-27(35)17-18-29(30)36)19-9-16-32(40)38(23-25-12-8-13-26(34)20-25)31(21-24-10-4-2-5-11-24)33(41)37-28-14-6-3-7-15-28/h2,4-5,8,10-13,17-18,20,22,28,31H,3,6-7,9,14-16,19,21,23H2,1H3,(H,37,41). The first-order chi connectivity index (χ1) is 21.0. The lowest BCUT2D eigenvalue weighted by molar-refractivity contribution is -0.141. The van der Waals surface area contributed by atoms with E-state index in [9.17, 15) is 18.0 Å². The Labute approximate surface area is 279 Å². The van der Waals surface area contributed by atoms with Crippen molar-refractivity contribution in [3.05, 3.63) is 98.4 Å². The molecule has 44 heavy (non-hydrogen) atoms. The molecule has 0 saturated heterocycles. The van der Waals surface area contributed by atoms with E-state index in [0.717, 1.165) is 54.0 Å². The molecular weight excluding hydrogens is 685 g/mol. The first-order valence-electron chi connectivity index (χ1n) is 14.8. The van der Waals surface area contributed by atoms with E-state index in [1.807, 2.05) is 54.6 Å². The van der Waals surface area contributed by atoms with Gasteiger partial charge in [-0.1, -0.05) is 101 Å². The maximum absolute atomic E-state index is 14.1. The van der Waals surface area contributed by atoms with Crippen molar-refractivity contribution in [2.24, 2.45) is 0 Å². The van der Waals surface area contributed by atoms with Gasteiger partial charge in [-0.2, -0.15) is 0 Å². The summed E-state index contributed by atoms with van der Waals surface area (Å²) in [5, 5.41) is 3.83. The number of halogens is 3. The summed E-state index contributed by atoms with van der Waals surface area (Å²) in [6.07, 6.45) is 6.85. The normalized spacial score (nSPS) is 14.5. The molecule has 4 rings (SSSR count). The number of anilines is 1. The largest absolute Gasteiger partial charge is 0.352 e. The van der Waals surface area contributed by atoms with Gasteiger partial charge in [-0.25, -0.2) is 8.42 Å². The highest BCUT2D eigenvalue weighted by molar-refractivity contribution is 9.10. The Morgan fingerprint density at radius 1 is 0.955 bits per heavy atom. The van der Waals surface area contributed by atoms with Crippen LogP contribution in [0.15, 0.2) is 77.3 Å². The third kappa shape index (κ3) is 9.96. The molecule has 0 aliphatic heterocycles. The van der Waals surface area contributed by atoms with Crippen LogP contribution in [-0.4, -0.2) is 50.0 Å². The summed E-state index contributed by atoms with van der Waals surface area (Å²) in [5.74, 6) is -0.414. The zero-order chi connectivity index (χ0) is 31.7. The van der Waals surface area contributed by atoms with E-state index in [1.165, 1.54) is 10.4 Å². The topological polar surface area (TPSA) is 86.8 Å². The van der Waals surface area contributed by atoms with Gasteiger partial charge in [0.15, 0.2) is 0 Å². The fraction of sp³-hybridized carbons (Fsp3) is 0.394. The van der Waals surface area contributed by atoms with Crippen LogP contribution in [0.25, 0.3) is 0 Å². The summed E-state index contributed by atoms with van der Waals surface area (Å²) in [5.41, 5.74) is 2.08. The molecule has 1 atom stereocenters. The van der Waals surface area contributed by atoms with Crippen LogP contribution in [0.2, 0.25) is 10.0 Å². The van der Waals surface area contributed by atoms with Gasteiger partial charge < -0.3 is 10.2 Å². The summed E-state index contributed by atoms with van der Waals surface area (Å²) in [7, 11) is -3.72. The van der Waals surface area contributed by atoms with Gasteiger partial charge in [-0.15, -0.1) is 0 Å². The molecule has 7 nitrogen and oxygen atoms in total. The lowest BCUT2D eigenvalue weighted by atomic mass is 9.94. The van der Waals surface area contributed by atoms with E-state index in [0.29, 0.717) is 11.4 Å². The minimum Gasteiger partial charge on any atom is -0.352 e. The predicted octanol–water partition coefficient (Wildman–Crippen LogP) is 7.39. The monoisotopic (exact) mass is 721 g/mol. The number of nitrogens with one attached hydrogen (secondary N) is 1. The van der Waals surface area contributed by atoms with Gasteiger partial charge in [0.05, 0.1) is 17.0 Å². The Morgan fingerprint density at radius 2 is 1.66 bits per heavy atom. The van der Waals surface area contributed by atoms with Crippen LogP contribution in [-0.2, 0) is 32.6 Å². The molecule has 1 N–H and O–H groups in total. The zero-order valence-electron chi connectivity index (χ0n) is 24.7. The van der Waals surface area contributed by atoms with Crippen LogP contribution in [0.1, 0.15) is 56.1 Å². The first kappa shape index (κ1) is 34.3. The van der Waals surface area contributed by atoms with E-state index < -0.39 is 16.1 Å². The van der Waals surface area contributed by atoms with Crippen LogP contribution in [0.4, 0.5) is 5.69 Å². The fourth-order valence-corrected chi connectivity index (χ4v) is 7.44. The van der Waals surface area contributed by atoms with E-state index in [-0.39, 0.29) is 54.5 Å². The molecule has 0 bridgehead atoms. The van der Waals surface area contributed by atoms with Crippen molar-refractivity contribution < 1.29 is 18.0 Å². The maximum Gasteiger partial charge on any atom is 0.243 e. The average Bonchev–Trinajstić information content (AvgIpc) is 2.99. The van der Waals surface area contributed by atoms with E-state index in [4.69, 9.17) is 23.2 Å². The number of hydrogen-bond acceptors (Lipinski definition) is 4. The Kier molecular flexibility index (Phi) is 12.6. The van der Waals surface area contributed by atoms with Crippen molar-refractivity contribution in [2.75, 3.05) is 17.1 Å².